The Labute approximate surface area is 89.8 Å². The van der Waals surface area contributed by atoms with Crippen molar-refractivity contribution in [3.05, 3.63) is 65.5 Å². The molecule has 15 heavy (non-hydrogen) atoms. The van der Waals surface area contributed by atoms with Crippen LogP contribution in [0.1, 0.15) is 16.7 Å². The molecule has 1 heterocycles. The molecule has 0 bridgehead atoms. The molecule has 0 N–H and O–H groups in total. The van der Waals surface area contributed by atoms with E-state index in [-0.39, 0.29) is 0 Å². The van der Waals surface area contributed by atoms with Crippen molar-refractivity contribution in [2.24, 2.45) is 0 Å². The normalized spacial score (nSPS) is 9.13. The van der Waals surface area contributed by atoms with E-state index in [4.69, 9.17) is 0 Å². The van der Waals surface area contributed by atoms with E-state index in [2.05, 4.69) is 35.9 Å². The third-order valence-corrected chi connectivity index (χ3v) is 2.03. The first-order valence-corrected chi connectivity index (χ1v) is 4.83. The third-order valence-electron chi connectivity index (χ3n) is 2.03. The fraction of sp³-hybridized carbons (Fsp3) is 0.0714. The lowest BCUT2D eigenvalue weighted by Crippen LogP contribution is -1.78. The van der Waals surface area contributed by atoms with E-state index in [0.717, 1.165) is 11.1 Å². The van der Waals surface area contributed by atoms with Crippen LogP contribution in [0, 0.1) is 18.8 Å². The molecule has 2 aromatic rings. The minimum atomic E-state index is 0.944. The second-order valence-corrected chi connectivity index (χ2v) is 3.36. The summed E-state index contributed by atoms with van der Waals surface area (Å²) in [7, 11) is 0. The molecule has 0 aliphatic carbocycles. The molecule has 0 saturated carbocycles. The summed E-state index contributed by atoms with van der Waals surface area (Å²) in [6, 6.07) is 12.0. The molecule has 1 aromatic carbocycles. The summed E-state index contributed by atoms with van der Waals surface area (Å²) in [6.45, 7) is 2.06. The maximum atomic E-state index is 4.01. The molecule has 72 valence electrons. The first-order valence-electron chi connectivity index (χ1n) is 4.83. The lowest BCUT2D eigenvalue weighted by molar-refractivity contribution is 1.31. The lowest BCUT2D eigenvalue weighted by atomic mass is 10.1. The summed E-state index contributed by atoms with van der Waals surface area (Å²) in [4.78, 5) is 4.01. The van der Waals surface area contributed by atoms with Crippen LogP contribution in [0.25, 0.3) is 0 Å². The molecule has 2 rings (SSSR count). The van der Waals surface area contributed by atoms with Gasteiger partial charge in [-0.25, -0.2) is 0 Å². The Morgan fingerprint density at radius 2 is 1.80 bits per heavy atom. The third kappa shape index (κ3) is 2.69. The molecule has 0 amide bonds. The van der Waals surface area contributed by atoms with Crippen LogP contribution in [-0.4, -0.2) is 4.98 Å². The maximum absolute atomic E-state index is 4.01. The van der Waals surface area contributed by atoms with Gasteiger partial charge >= 0.3 is 0 Å². The predicted octanol–water partition coefficient (Wildman–Crippen LogP) is 2.79. The van der Waals surface area contributed by atoms with Gasteiger partial charge in [0.25, 0.3) is 0 Å². The molecule has 0 radical (unpaired) electrons. The number of aryl methyl sites for hydroxylation is 1. The average molecular weight is 193 g/mol. The van der Waals surface area contributed by atoms with Gasteiger partial charge < -0.3 is 0 Å². The van der Waals surface area contributed by atoms with Gasteiger partial charge in [0, 0.05) is 23.5 Å². The Kier molecular flexibility index (Phi) is 2.80. The van der Waals surface area contributed by atoms with Gasteiger partial charge in [0.15, 0.2) is 0 Å². The number of aromatic nitrogens is 1. The van der Waals surface area contributed by atoms with E-state index in [1.54, 1.807) is 12.4 Å². The van der Waals surface area contributed by atoms with E-state index in [0.29, 0.717) is 0 Å². The zero-order valence-corrected chi connectivity index (χ0v) is 8.57. The molecule has 0 saturated heterocycles. The van der Waals surface area contributed by atoms with Gasteiger partial charge in [-0.2, -0.15) is 0 Å². The molecule has 1 nitrogen and oxygen atoms in total. The number of hydrogen-bond donors (Lipinski definition) is 0. The first-order chi connectivity index (χ1) is 7.34. The van der Waals surface area contributed by atoms with Gasteiger partial charge in [0.2, 0.25) is 0 Å². The number of hydrogen-bond acceptors (Lipinski definition) is 1. The second-order valence-electron chi connectivity index (χ2n) is 3.36. The predicted molar refractivity (Wildman–Crippen MR) is 61.4 cm³/mol. The highest BCUT2D eigenvalue weighted by atomic mass is 14.6. The highest BCUT2D eigenvalue weighted by Crippen LogP contribution is 2.02. The van der Waals surface area contributed by atoms with E-state index in [1.807, 2.05) is 24.3 Å². The van der Waals surface area contributed by atoms with Crippen molar-refractivity contribution in [1.29, 1.82) is 0 Å². The van der Waals surface area contributed by atoms with Crippen LogP contribution in [0.4, 0.5) is 0 Å². The largest absolute Gasteiger partial charge is 0.263 e. The average Bonchev–Trinajstić information content (AvgIpc) is 2.28. The van der Waals surface area contributed by atoms with E-state index >= 15 is 0 Å². The molecule has 1 heteroatoms. The summed E-state index contributed by atoms with van der Waals surface area (Å²) in [5.41, 5.74) is 3.21. The Hall–Kier alpha value is -2.07. The lowest BCUT2D eigenvalue weighted by Gasteiger charge is -1.92. The SMILES string of the molecule is Cc1cccc(C#Cc2cccnc2)c1. The minimum Gasteiger partial charge on any atom is -0.263 e. The van der Waals surface area contributed by atoms with Gasteiger partial charge in [-0.15, -0.1) is 0 Å². The van der Waals surface area contributed by atoms with E-state index in [9.17, 15) is 0 Å². The molecule has 0 fully saturated rings. The molecule has 0 unspecified atom stereocenters. The highest BCUT2D eigenvalue weighted by molar-refractivity contribution is 5.42. The van der Waals surface area contributed by atoms with Crippen LogP contribution in [-0.2, 0) is 0 Å². The van der Waals surface area contributed by atoms with Crippen molar-refractivity contribution in [1.82, 2.24) is 4.98 Å². The topological polar surface area (TPSA) is 12.9 Å². The second kappa shape index (κ2) is 4.43. The quantitative estimate of drug-likeness (QED) is 0.586. The summed E-state index contributed by atoms with van der Waals surface area (Å²) >= 11 is 0. The molecule has 0 atom stereocenters. The Morgan fingerprint density at radius 1 is 1.00 bits per heavy atom. The maximum Gasteiger partial charge on any atom is 0.0432 e. The minimum absolute atomic E-state index is 0.944. The van der Waals surface area contributed by atoms with Crippen LogP contribution < -0.4 is 0 Å². The van der Waals surface area contributed by atoms with Gasteiger partial charge in [0.1, 0.15) is 0 Å². The standard InChI is InChI=1S/C14H11N/c1-12-4-2-5-13(10-12)7-8-14-6-3-9-15-11-14/h2-6,9-11H,1H3. The fourth-order valence-electron chi connectivity index (χ4n) is 1.30. The molecular formula is C14H11N. The highest BCUT2D eigenvalue weighted by Gasteiger charge is 1.87. The van der Waals surface area contributed by atoms with Gasteiger partial charge in [-0.3, -0.25) is 4.98 Å². The van der Waals surface area contributed by atoms with Crippen LogP contribution in [0.3, 0.4) is 0 Å². The Balaban J connectivity index is 2.26. The van der Waals surface area contributed by atoms with E-state index in [1.165, 1.54) is 5.56 Å². The van der Waals surface area contributed by atoms with Crippen LogP contribution in [0.15, 0.2) is 48.8 Å². The van der Waals surface area contributed by atoms with Crippen molar-refractivity contribution < 1.29 is 0 Å². The van der Waals surface area contributed by atoms with Crippen molar-refractivity contribution >= 4 is 0 Å². The van der Waals surface area contributed by atoms with Crippen molar-refractivity contribution in [2.45, 2.75) is 6.92 Å². The smallest absolute Gasteiger partial charge is 0.0432 e. The van der Waals surface area contributed by atoms with Crippen molar-refractivity contribution in [3.8, 4) is 11.8 Å². The summed E-state index contributed by atoms with van der Waals surface area (Å²) in [5.74, 6) is 6.19. The van der Waals surface area contributed by atoms with Crippen LogP contribution in [0.5, 0.6) is 0 Å². The number of nitrogens with zero attached hydrogens (tertiary/aromatic N) is 1. The molecule has 0 spiro atoms. The molecule has 1 aromatic heterocycles. The number of benzene rings is 1. The van der Waals surface area contributed by atoms with Crippen LogP contribution in [0.2, 0.25) is 0 Å². The van der Waals surface area contributed by atoms with Crippen LogP contribution >= 0.6 is 0 Å². The monoisotopic (exact) mass is 193 g/mol. The number of rotatable bonds is 0. The summed E-state index contributed by atoms with van der Waals surface area (Å²) in [5, 5.41) is 0. The Bertz CT molecular complexity index is 504. The summed E-state index contributed by atoms with van der Waals surface area (Å²) in [6.07, 6.45) is 3.51. The van der Waals surface area contributed by atoms with Gasteiger partial charge in [-0.1, -0.05) is 24.0 Å². The van der Waals surface area contributed by atoms with Crippen molar-refractivity contribution in [2.75, 3.05) is 0 Å². The fourth-order valence-corrected chi connectivity index (χ4v) is 1.30. The number of pyridine rings is 1. The van der Waals surface area contributed by atoms with E-state index < -0.39 is 0 Å². The van der Waals surface area contributed by atoms with Crippen molar-refractivity contribution in [3.63, 3.8) is 0 Å². The Morgan fingerprint density at radius 3 is 2.53 bits per heavy atom. The van der Waals surface area contributed by atoms with Gasteiger partial charge in [-0.05, 0) is 36.8 Å². The zero-order valence-electron chi connectivity index (χ0n) is 8.57. The first kappa shape index (κ1) is 9.48. The molecular weight excluding hydrogens is 182 g/mol. The summed E-state index contributed by atoms with van der Waals surface area (Å²) < 4.78 is 0. The molecule has 0 aliphatic heterocycles. The molecule has 0 aliphatic rings. The van der Waals surface area contributed by atoms with Gasteiger partial charge in [0.05, 0.1) is 0 Å². The zero-order chi connectivity index (χ0) is 10.5.